The second-order valence-corrected chi connectivity index (χ2v) is 5.58. The van der Waals surface area contributed by atoms with Crippen molar-refractivity contribution >= 4 is 38.9 Å². The number of amides is 2. The number of likely N-dealkylation sites (N-methyl/N-ethyl adjacent to an activating group) is 1. The molecule has 0 bridgehead atoms. The highest BCUT2D eigenvalue weighted by atomic mass is 32.1. The maximum Gasteiger partial charge on any atom is 0.263 e. The number of benzene rings is 1. The van der Waals surface area contributed by atoms with Gasteiger partial charge in [0, 0.05) is 35.8 Å². The van der Waals surface area contributed by atoms with Crippen LogP contribution in [0, 0.1) is 0 Å². The minimum Gasteiger partial charge on any atom is -0.371 e. The van der Waals surface area contributed by atoms with E-state index in [1.54, 1.807) is 12.1 Å². The van der Waals surface area contributed by atoms with Crippen LogP contribution in [-0.2, 0) is 0 Å². The summed E-state index contributed by atoms with van der Waals surface area (Å²) in [6.45, 7) is 1.36. The average Bonchev–Trinajstić information content (AvgIpc) is 2.70. The molecule has 0 radical (unpaired) electrons. The third-order valence-electron chi connectivity index (χ3n) is 3.27. The summed E-state index contributed by atoms with van der Waals surface area (Å²) in [5.74, 6) is -0.510. The molecule has 0 fully saturated rings. The Balaban J connectivity index is 2.30. The van der Waals surface area contributed by atoms with Crippen LogP contribution >= 0.6 is 11.3 Å². The van der Waals surface area contributed by atoms with Gasteiger partial charge in [0.15, 0.2) is 0 Å². The molecule has 1 aromatic heterocycles. The number of carbonyl (C=O) groups excluding carboxylic acids is 2. The molecule has 1 aliphatic rings. The van der Waals surface area contributed by atoms with Gasteiger partial charge in [-0.05, 0) is 18.2 Å². The second kappa shape index (κ2) is 4.24. The second-order valence-electron chi connectivity index (χ2n) is 4.53. The predicted octanol–water partition coefficient (Wildman–Crippen LogP) is 1.18. The lowest BCUT2D eigenvalue weighted by atomic mass is 10.1. The number of hydrogen-bond acceptors (Lipinski definition) is 4. The van der Waals surface area contributed by atoms with Crippen molar-refractivity contribution in [1.29, 1.82) is 0 Å². The van der Waals surface area contributed by atoms with Gasteiger partial charge in [-0.2, -0.15) is 0 Å². The summed E-state index contributed by atoms with van der Waals surface area (Å²) in [6.07, 6.45) is 0. The molecule has 2 amide bonds. The number of fused-ring (bicyclic) bond motifs is 3. The zero-order chi connectivity index (χ0) is 13.6. The van der Waals surface area contributed by atoms with E-state index >= 15 is 0 Å². The Morgan fingerprint density at radius 1 is 1.47 bits per heavy atom. The summed E-state index contributed by atoms with van der Waals surface area (Å²) in [7, 11) is 1.95. The van der Waals surface area contributed by atoms with E-state index in [9.17, 15) is 9.59 Å². The van der Waals surface area contributed by atoms with Crippen molar-refractivity contribution < 1.29 is 9.59 Å². The summed E-state index contributed by atoms with van der Waals surface area (Å²) in [6, 6.07) is 5.30. The van der Waals surface area contributed by atoms with Crippen molar-refractivity contribution in [3.05, 3.63) is 28.6 Å². The summed E-state index contributed by atoms with van der Waals surface area (Å²) >= 11 is 1.44. The molecule has 5 nitrogen and oxygen atoms in total. The molecule has 19 heavy (non-hydrogen) atoms. The van der Waals surface area contributed by atoms with E-state index in [1.807, 2.05) is 18.0 Å². The van der Waals surface area contributed by atoms with Crippen LogP contribution in [0.5, 0.6) is 0 Å². The zero-order valence-corrected chi connectivity index (χ0v) is 11.2. The summed E-state index contributed by atoms with van der Waals surface area (Å²) < 4.78 is 0.985. The Hall–Kier alpha value is -2.08. The van der Waals surface area contributed by atoms with E-state index in [0.717, 1.165) is 22.3 Å². The van der Waals surface area contributed by atoms with Crippen LogP contribution in [-0.4, -0.2) is 32.0 Å². The Morgan fingerprint density at radius 2 is 2.26 bits per heavy atom. The molecule has 3 N–H and O–H groups in total. The maximum atomic E-state index is 12.0. The van der Waals surface area contributed by atoms with Crippen LogP contribution in [0.2, 0.25) is 0 Å². The topological polar surface area (TPSA) is 75.4 Å². The van der Waals surface area contributed by atoms with E-state index < -0.39 is 5.91 Å². The van der Waals surface area contributed by atoms with Crippen LogP contribution in [0.3, 0.4) is 0 Å². The Morgan fingerprint density at radius 3 is 3.00 bits per heavy atom. The molecule has 0 atom stereocenters. The number of rotatable bonds is 1. The minimum absolute atomic E-state index is 0.0545. The SMILES string of the molecule is CN1CCNC(=O)c2sc3ccc(C(N)=O)cc3c21. The molecule has 0 saturated heterocycles. The normalized spacial score (nSPS) is 15.0. The van der Waals surface area contributed by atoms with Crippen LogP contribution in [0.1, 0.15) is 20.0 Å². The van der Waals surface area contributed by atoms with Crippen LogP contribution in [0.4, 0.5) is 5.69 Å². The fourth-order valence-electron chi connectivity index (χ4n) is 2.30. The summed E-state index contributed by atoms with van der Waals surface area (Å²) in [5, 5.41) is 3.78. The van der Waals surface area contributed by atoms with Gasteiger partial charge in [-0.3, -0.25) is 9.59 Å². The third-order valence-corrected chi connectivity index (χ3v) is 4.43. The fourth-order valence-corrected chi connectivity index (χ4v) is 3.45. The van der Waals surface area contributed by atoms with E-state index in [2.05, 4.69) is 5.32 Å². The summed E-state index contributed by atoms with van der Waals surface area (Å²) in [5.41, 5.74) is 6.67. The molecule has 0 aliphatic carbocycles. The molecular weight excluding hydrogens is 262 g/mol. The number of anilines is 1. The van der Waals surface area contributed by atoms with Gasteiger partial charge in [-0.25, -0.2) is 0 Å². The standard InChI is InChI=1S/C13H13N3O2S/c1-16-5-4-15-13(18)11-10(16)8-6-7(12(14)17)2-3-9(8)19-11/h2-3,6H,4-5H2,1H3,(H2,14,17)(H,15,18). The van der Waals surface area contributed by atoms with Crippen molar-refractivity contribution in [2.45, 2.75) is 0 Å². The van der Waals surface area contributed by atoms with Crippen molar-refractivity contribution in [3.63, 3.8) is 0 Å². The van der Waals surface area contributed by atoms with Crippen LogP contribution in [0.15, 0.2) is 18.2 Å². The molecule has 3 rings (SSSR count). The van der Waals surface area contributed by atoms with Gasteiger partial charge < -0.3 is 16.0 Å². The molecule has 98 valence electrons. The van der Waals surface area contributed by atoms with E-state index in [4.69, 9.17) is 5.73 Å². The number of carbonyl (C=O) groups is 2. The molecule has 6 heteroatoms. The highest BCUT2D eigenvalue weighted by Gasteiger charge is 2.24. The van der Waals surface area contributed by atoms with Crippen LogP contribution < -0.4 is 16.0 Å². The fraction of sp³-hybridized carbons (Fsp3) is 0.231. The van der Waals surface area contributed by atoms with E-state index in [0.29, 0.717) is 17.0 Å². The van der Waals surface area contributed by atoms with Gasteiger partial charge in [0.1, 0.15) is 4.88 Å². The molecule has 0 unspecified atom stereocenters. The smallest absolute Gasteiger partial charge is 0.263 e. The minimum atomic E-state index is -0.456. The lowest BCUT2D eigenvalue weighted by Gasteiger charge is -2.16. The number of nitrogens with zero attached hydrogens (tertiary/aromatic N) is 1. The molecule has 0 saturated carbocycles. The van der Waals surface area contributed by atoms with Gasteiger partial charge in [0.25, 0.3) is 5.91 Å². The van der Waals surface area contributed by atoms with Crippen molar-refractivity contribution in [2.75, 3.05) is 25.0 Å². The number of hydrogen-bond donors (Lipinski definition) is 2. The average molecular weight is 275 g/mol. The number of thiophene rings is 1. The first-order valence-corrected chi connectivity index (χ1v) is 6.75. The molecule has 2 heterocycles. The quantitative estimate of drug-likeness (QED) is 0.820. The highest BCUT2D eigenvalue weighted by molar-refractivity contribution is 7.21. The first-order valence-electron chi connectivity index (χ1n) is 5.93. The Labute approximate surface area is 114 Å². The lowest BCUT2D eigenvalue weighted by molar-refractivity contribution is 0.0960. The first-order chi connectivity index (χ1) is 9.08. The van der Waals surface area contributed by atoms with Gasteiger partial charge in [0.05, 0.1) is 5.69 Å². The summed E-state index contributed by atoms with van der Waals surface area (Å²) in [4.78, 5) is 26.0. The van der Waals surface area contributed by atoms with Crippen molar-refractivity contribution in [1.82, 2.24) is 5.32 Å². The number of nitrogens with one attached hydrogen (secondary N) is 1. The monoisotopic (exact) mass is 275 g/mol. The maximum absolute atomic E-state index is 12.0. The predicted molar refractivity (Wildman–Crippen MR) is 75.9 cm³/mol. The van der Waals surface area contributed by atoms with Crippen molar-refractivity contribution in [2.24, 2.45) is 5.73 Å². The molecule has 1 aliphatic heterocycles. The van der Waals surface area contributed by atoms with Gasteiger partial charge in [-0.1, -0.05) is 0 Å². The molecular formula is C13H13N3O2S. The largest absolute Gasteiger partial charge is 0.371 e. The Bertz CT molecular complexity index is 692. The third kappa shape index (κ3) is 1.84. The first kappa shape index (κ1) is 12.0. The van der Waals surface area contributed by atoms with Crippen molar-refractivity contribution in [3.8, 4) is 0 Å². The Kier molecular flexibility index (Phi) is 2.67. The molecule has 0 spiro atoms. The molecule has 2 aromatic rings. The highest BCUT2D eigenvalue weighted by Crippen LogP contribution is 2.39. The van der Waals surface area contributed by atoms with Gasteiger partial charge in [0.2, 0.25) is 5.91 Å². The van der Waals surface area contributed by atoms with E-state index in [-0.39, 0.29) is 5.91 Å². The zero-order valence-electron chi connectivity index (χ0n) is 10.4. The lowest BCUT2D eigenvalue weighted by Crippen LogP contribution is -2.27. The van der Waals surface area contributed by atoms with Crippen LogP contribution in [0.25, 0.3) is 10.1 Å². The van der Waals surface area contributed by atoms with Gasteiger partial charge in [-0.15, -0.1) is 11.3 Å². The molecule has 1 aromatic carbocycles. The number of nitrogens with two attached hydrogens (primary N) is 1. The van der Waals surface area contributed by atoms with E-state index in [1.165, 1.54) is 11.3 Å². The number of primary amides is 1. The van der Waals surface area contributed by atoms with Gasteiger partial charge >= 0.3 is 0 Å².